The lowest BCUT2D eigenvalue weighted by molar-refractivity contribution is -0.141. The molecule has 2 aliphatic rings. The van der Waals surface area contributed by atoms with Gasteiger partial charge in [-0.25, -0.2) is 0 Å². The van der Waals surface area contributed by atoms with Gasteiger partial charge in [0, 0.05) is 50.6 Å². The number of hydrogen-bond acceptors (Lipinski definition) is 3. The van der Waals surface area contributed by atoms with Gasteiger partial charge in [-0.05, 0) is 37.3 Å². The third-order valence-electron chi connectivity index (χ3n) is 5.79. The lowest BCUT2D eigenvalue weighted by atomic mass is 9.93. The molecule has 2 saturated heterocycles. The van der Waals surface area contributed by atoms with E-state index in [0.717, 1.165) is 24.9 Å². The minimum Gasteiger partial charge on any atom is -0.352 e. The topological polar surface area (TPSA) is 69.7 Å². The highest BCUT2D eigenvalue weighted by Gasteiger charge is 2.32. The van der Waals surface area contributed by atoms with E-state index < -0.39 is 0 Å². The van der Waals surface area contributed by atoms with Gasteiger partial charge in [0.15, 0.2) is 0 Å². The minimum absolute atomic E-state index is 0.0000617. The number of likely N-dealkylation sites (tertiary alicyclic amines) is 2. The van der Waals surface area contributed by atoms with Crippen molar-refractivity contribution in [2.24, 2.45) is 5.92 Å². The van der Waals surface area contributed by atoms with E-state index in [1.54, 1.807) is 6.08 Å². The first kappa shape index (κ1) is 21.1. The molecule has 6 nitrogen and oxygen atoms in total. The molecule has 0 aromatic heterocycles. The molecule has 0 aliphatic carbocycles. The Hall–Kier alpha value is -2.63. The van der Waals surface area contributed by atoms with Gasteiger partial charge in [-0.1, -0.05) is 37.3 Å². The molecule has 29 heavy (non-hydrogen) atoms. The number of amides is 3. The van der Waals surface area contributed by atoms with E-state index in [0.29, 0.717) is 38.9 Å². The quantitative estimate of drug-likeness (QED) is 0.776. The van der Waals surface area contributed by atoms with Crippen molar-refractivity contribution < 1.29 is 14.4 Å². The van der Waals surface area contributed by atoms with Gasteiger partial charge in [-0.15, -0.1) is 0 Å². The zero-order valence-electron chi connectivity index (χ0n) is 17.2. The molecular formula is C23H31N3O3. The lowest BCUT2D eigenvalue weighted by Gasteiger charge is -2.37. The summed E-state index contributed by atoms with van der Waals surface area (Å²) in [5, 5.41) is 3.01. The molecule has 2 aliphatic heterocycles. The first-order valence-corrected chi connectivity index (χ1v) is 10.7. The number of piperidine rings is 2. The van der Waals surface area contributed by atoms with Crippen LogP contribution in [0.2, 0.25) is 0 Å². The largest absolute Gasteiger partial charge is 0.352 e. The number of carbonyl (C=O) groups excluding carboxylic acids is 3. The third kappa shape index (κ3) is 5.92. The van der Waals surface area contributed by atoms with Crippen molar-refractivity contribution in [2.75, 3.05) is 26.2 Å². The van der Waals surface area contributed by atoms with Crippen LogP contribution in [0.3, 0.4) is 0 Å². The number of carbonyl (C=O) groups is 3. The summed E-state index contributed by atoms with van der Waals surface area (Å²) in [6, 6.07) is 9.82. The van der Waals surface area contributed by atoms with E-state index in [-0.39, 0.29) is 29.7 Å². The highest BCUT2D eigenvalue weighted by Crippen LogP contribution is 2.22. The molecule has 1 aromatic carbocycles. The smallest absolute Gasteiger partial charge is 0.246 e. The predicted octanol–water partition coefficient (Wildman–Crippen LogP) is 2.46. The highest BCUT2D eigenvalue weighted by molar-refractivity contribution is 5.92. The Bertz CT molecular complexity index is 739. The summed E-state index contributed by atoms with van der Waals surface area (Å²) < 4.78 is 0. The van der Waals surface area contributed by atoms with Gasteiger partial charge in [-0.2, -0.15) is 0 Å². The second-order valence-corrected chi connectivity index (χ2v) is 7.89. The Morgan fingerprint density at radius 2 is 1.76 bits per heavy atom. The van der Waals surface area contributed by atoms with Crippen molar-refractivity contribution in [2.45, 2.75) is 45.1 Å². The fraction of sp³-hybridized carbons (Fsp3) is 0.522. The zero-order valence-corrected chi connectivity index (χ0v) is 17.2. The fourth-order valence-corrected chi connectivity index (χ4v) is 4.07. The Morgan fingerprint density at radius 3 is 2.45 bits per heavy atom. The molecule has 0 radical (unpaired) electrons. The van der Waals surface area contributed by atoms with Crippen LogP contribution in [0.4, 0.5) is 0 Å². The average Bonchev–Trinajstić information content (AvgIpc) is 2.78. The van der Waals surface area contributed by atoms with E-state index in [4.69, 9.17) is 0 Å². The van der Waals surface area contributed by atoms with Gasteiger partial charge in [0.05, 0.1) is 0 Å². The van der Waals surface area contributed by atoms with E-state index in [2.05, 4.69) is 5.32 Å². The summed E-state index contributed by atoms with van der Waals surface area (Å²) in [6.07, 6.45) is 7.16. The van der Waals surface area contributed by atoms with Crippen LogP contribution >= 0.6 is 0 Å². The summed E-state index contributed by atoms with van der Waals surface area (Å²) in [7, 11) is 0. The van der Waals surface area contributed by atoms with Crippen LogP contribution in [0.15, 0.2) is 36.4 Å². The van der Waals surface area contributed by atoms with Crippen molar-refractivity contribution in [3.8, 4) is 0 Å². The Balaban J connectivity index is 1.47. The maximum absolute atomic E-state index is 12.9. The summed E-state index contributed by atoms with van der Waals surface area (Å²) in [4.78, 5) is 40.7. The molecule has 0 bridgehead atoms. The third-order valence-corrected chi connectivity index (χ3v) is 5.79. The summed E-state index contributed by atoms with van der Waals surface area (Å²) in [6.45, 7) is 4.42. The van der Waals surface area contributed by atoms with Gasteiger partial charge in [-0.3, -0.25) is 14.4 Å². The molecule has 3 rings (SSSR count). The summed E-state index contributed by atoms with van der Waals surface area (Å²) in [5.74, 6) is 0.185. The Morgan fingerprint density at radius 1 is 1.03 bits per heavy atom. The number of benzene rings is 1. The van der Waals surface area contributed by atoms with Gasteiger partial charge in [0.2, 0.25) is 17.7 Å². The number of nitrogens with one attached hydrogen (secondary N) is 1. The zero-order chi connectivity index (χ0) is 20.6. The fourth-order valence-electron chi connectivity index (χ4n) is 4.07. The number of hydrogen-bond donors (Lipinski definition) is 1. The van der Waals surface area contributed by atoms with Crippen LogP contribution in [0.25, 0.3) is 6.08 Å². The van der Waals surface area contributed by atoms with Crippen LogP contribution in [0.1, 0.15) is 44.6 Å². The molecule has 1 unspecified atom stereocenters. The minimum atomic E-state index is -0.0298. The van der Waals surface area contributed by atoms with Crippen molar-refractivity contribution in [3.05, 3.63) is 42.0 Å². The lowest BCUT2D eigenvalue weighted by Crippen LogP contribution is -2.52. The summed E-state index contributed by atoms with van der Waals surface area (Å²) in [5.41, 5.74) is 1.00. The number of rotatable bonds is 5. The second-order valence-electron chi connectivity index (χ2n) is 7.89. The molecule has 0 saturated carbocycles. The van der Waals surface area contributed by atoms with Crippen molar-refractivity contribution in [1.29, 1.82) is 0 Å². The molecule has 2 heterocycles. The molecule has 1 aromatic rings. The first-order chi connectivity index (χ1) is 14.1. The maximum Gasteiger partial charge on any atom is 0.246 e. The summed E-state index contributed by atoms with van der Waals surface area (Å²) >= 11 is 0. The molecule has 156 valence electrons. The maximum atomic E-state index is 12.9. The standard InChI is InChI=1S/C23H31N3O3/c1-2-21(27)24-20-9-6-14-26(17-20)23(29)19-12-15-25(16-13-19)22(28)11-10-18-7-4-3-5-8-18/h3-5,7-8,10-11,19-20H,2,6,9,12-17H2,1H3,(H,24,27)/b11-10+. The van der Waals surface area contributed by atoms with Crippen LogP contribution in [-0.2, 0) is 14.4 Å². The van der Waals surface area contributed by atoms with Gasteiger partial charge in [0.25, 0.3) is 0 Å². The van der Waals surface area contributed by atoms with E-state index >= 15 is 0 Å². The second kappa shape index (κ2) is 10.2. The normalized spacial score (nSPS) is 20.7. The van der Waals surface area contributed by atoms with E-state index in [1.165, 1.54) is 0 Å². The van der Waals surface area contributed by atoms with Crippen LogP contribution < -0.4 is 5.32 Å². The molecule has 2 fully saturated rings. The van der Waals surface area contributed by atoms with Crippen LogP contribution in [0, 0.1) is 5.92 Å². The molecule has 1 N–H and O–H groups in total. The van der Waals surface area contributed by atoms with Crippen molar-refractivity contribution >= 4 is 23.8 Å². The average molecular weight is 398 g/mol. The molecule has 3 amide bonds. The monoisotopic (exact) mass is 397 g/mol. The van der Waals surface area contributed by atoms with E-state index in [9.17, 15) is 14.4 Å². The Kier molecular flexibility index (Phi) is 7.44. The SMILES string of the molecule is CCC(=O)NC1CCCN(C(=O)C2CCN(C(=O)/C=C/c3ccccc3)CC2)C1. The molecule has 1 atom stereocenters. The van der Waals surface area contributed by atoms with Crippen molar-refractivity contribution in [1.82, 2.24) is 15.1 Å². The first-order valence-electron chi connectivity index (χ1n) is 10.7. The molecule has 0 spiro atoms. The molecular weight excluding hydrogens is 366 g/mol. The highest BCUT2D eigenvalue weighted by atomic mass is 16.2. The van der Waals surface area contributed by atoms with Gasteiger partial charge < -0.3 is 15.1 Å². The van der Waals surface area contributed by atoms with Crippen LogP contribution in [-0.4, -0.2) is 59.7 Å². The number of nitrogens with zero attached hydrogens (tertiary/aromatic N) is 2. The van der Waals surface area contributed by atoms with Gasteiger partial charge >= 0.3 is 0 Å². The predicted molar refractivity (Wildman–Crippen MR) is 113 cm³/mol. The van der Waals surface area contributed by atoms with Crippen LogP contribution in [0.5, 0.6) is 0 Å². The van der Waals surface area contributed by atoms with E-state index in [1.807, 2.05) is 53.1 Å². The van der Waals surface area contributed by atoms with Gasteiger partial charge in [0.1, 0.15) is 0 Å². The molecule has 6 heteroatoms. The van der Waals surface area contributed by atoms with Crippen molar-refractivity contribution in [3.63, 3.8) is 0 Å². The Labute approximate surface area is 172 Å².